The zero-order valence-electron chi connectivity index (χ0n) is 17.3. The molecule has 0 unspecified atom stereocenters. The first-order chi connectivity index (χ1) is 14.8. The summed E-state index contributed by atoms with van der Waals surface area (Å²) in [5.41, 5.74) is 2.01. The highest BCUT2D eigenvalue weighted by atomic mass is 32.1. The summed E-state index contributed by atoms with van der Waals surface area (Å²) in [7, 11) is 3.80. The van der Waals surface area contributed by atoms with Crippen molar-refractivity contribution in [1.82, 2.24) is 19.7 Å². The number of carbonyl (C=O) groups is 1. The van der Waals surface area contributed by atoms with Crippen LogP contribution in [0.2, 0.25) is 0 Å². The summed E-state index contributed by atoms with van der Waals surface area (Å²) >= 11 is 1.09. The summed E-state index contributed by atoms with van der Waals surface area (Å²) in [5, 5.41) is 4.70. The number of nitrogens with zero attached hydrogens (tertiary/aromatic N) is 5. The lowest BCUT2D eigenvalue weighted by Crippen LogP contribution is -2.37. The number of hydrogen-bond donors (Lipinski definition) is 0. The van der Waals surface area contributed by atoms with Crippen molar-refractivity contribution >= 4 is 32.6 Å². The van der Waals surface area contributed by atoms with Gasteiger partial charge < -0.3 is 4.90 Å². The van der Waals surface area contributed by atoms with E-state index in [9.17, 15) is 13.6 Å². The molecule has 0 N–H and O–H groups in total. The van der Waals surface area contributed by atoms with Crippen LogP contribution >= 0.6 is 11.3 Å². The van der Waals surface area contributed by atoms with Crippen LogP contribution in [0.25, 0.3) is 15.9 Å². The van der Waals surface area contributed by atoms with Crippen molar-refractivity contribution in [2.75, 3.05) is 32.1 Å². The fourth-order valence-corrected chi connectivity index (χ4v) is 4.27. The number of anilines is 1. The van der Waals surface area contributed by atoms with E-state index in [1.54, 1.807) is 4.68 Å². The van der Waals surface area contributed by atoms with E-state index in [1.807, 2.05) is 56.3 Å². The van der Waals surface area contributed by atoms with Crippen LogP contribution in [0.5, 0.6) is 0 Å². The third kappa shape index (κ3) is 4.19. The molecule has 0 radical (unpaired) electrons. The number of fused-ring (bicyclic) bond motifs is 1. The van der Waals surface area contributed by atoms with Gasteiger partial charge in [0.1, 0.15) is 11.3 Å². The number of rotatable bonds is 6. The predicted molar refractivity (Wildman–Crippen MR) is 118 cm³/mol. The lowest BCUT2D eigenvalue weighted by atomic mass is 10.2. The molecule has 0 saturated carbocycles. The quantitative estimate of drug-likeness (QED) is 0.448. The van der Waals surface area contributed by atoms with E-state index in [2.05, 4.69) is 10.1 Å². The second-order valence-corrected chi connectivity index (χ2v) is 8.39. The maximum absolute atomic E-state index is 14.2. The Bertz CT molecular complexity index is 1240. The minimum Gasteiger partial charge on any atom is -0.308 e. The molecule has 1 amide bonds. The van der Waals surface area contributed by atoms with Gasteiger partial charge in [0.15, 0.2) is 10.9 Å². The molecule has 0 saturated heterocycles. The Hall–Kier alpha value is -3.17. The van der Waals surface area contributed by atoms with E-state index in [4.69, 9.17) is 0 Å². The summed E-state index contributed by atoms with van der Waals surface area (Å²) in [5.74, 6) is -1.71. The highest BCUT2D eigenvalue weighted by molar-refractivity contribution is 7.22. The largest absolute Gasteiger partial charge is 0.308 e. The summed E-state index contributed by atoms with van der Waals surface area (Å²) in [4.78, 5) is 21.3. The predicted octanol–water partition coefficient (Wildman–Crippen LogP) is 4.28. The highest BCUT2D eigenvalue weighted by Gasteiger charge is 2.26. The molecule has 0 spiro atoms. The molecule has 6 nitrogen and oxygen atoms in total. The molecule has 2 aromatic heterocycles. The van der Waals surface area contributed by atoms with Gasteiger partial charge in [0.2, 0.25) is 0 Å². The van der Waals surface area contributed by atoms with Gasteiger partial charge in [-0.3, -0.25) is 9.69 Å². The van der Waals surface area contributed by atoms with Crippen LogP contribution in [0, 0.1) is 18.6 Å². The Balaban J connectivity index is 1.74. The number of hydrogen-bond acceptors (Lipinski definition) is 5. The van der Waals surface area contributed by atoms with E-state index < -0.39 is 11.6 Å². The molecule has 4 aromatic rings. The number of aromatic nitrogens is 3. The van der Waals surface area contributed by atoms with E-state index in [-0.39, 0.29) is 11.4 Å². The van der Waals surface area contributed by atoms with Crippen LogP contribution in [-0.2, 0) is 0 Å². The zero-order chi connectivity index (χ0) is 22.1. The van der Waals surface area contributed by atoms with Crippen LogP contribution in [0.15, 0.2) is 48.7 Å². The first-order valence-corrected chi connectivity index (χ1v) is 10.5. The number of likely N-dealkylation sites (N-methyl/N-ethyl adjacent to an activating group) is 1. The van der Waals surface area contributed by atoms with Gasteiger partial charge in [-0.2, -0.15) is 5.10 Å². The number of para-hydroxylation sites is 1. The van der Waals surface area contributed by atoms with Gasteiger partial charge in [0.05, 0.1) is 27.8 Å². The number of benzene rings is 2. The maximum atomic E-state index is 14.2. The molecule has 0 fully saturated rings. The SMILES string of the molecule is Cc1c(C(=O)N(CCN(C)C)c2nc3c(F)cc(F)cc3s2)cnn1-c1ccccc1. The van der Waals surface area contributed by atoms with Crippen LogP contribution in [-0.4, -0.2) is 52.8 Å². The minimum atomic E-state index is -0.745. The minimum absolute atomic E-state index is 0.0563. The fourth-order valence-electron chi connectivity index (χ4n) is 3.24. The third-order valence-corrected chi connectivity index (χ3v) is 5.92. The first kappa shape index (κ1) is 21.1. The third-order valence-electron chi connectivity index (χ3n) is 4.89. The molecule has 0 aliphatic rings. The van der Waals surface area contributed by atoms with E-state index >= 15 is 0 Å². The van der Waals surface area contributed by atoms with Crippen LogP contribution in [0.4, 0.5) is 13.9 Å². The Labute approximate surface area is 182 Å². The second kappa shape index (κ2) is 8.52. The van der Waals surface area contributed by atoms with E-state index in [0.29, 0.717) is 34.2 Å². The summed E-state index contributed by atoms with van der Waals surface area (Å²) in [6.45, 7) is 2.74. The van der Waals surface area contributed by atoms with Crippen molar-refractivity contribution in [2.24, 2.45) is 0 Å². The van der Waals surface area contributed by atoms with Gasteiger partial charge in [-0.05, 0) is 39.2 Å². The Morgan fingerprint density at radius 2 is 1.87 bits per heavy atom. The Morgan fingerprint density at radius 3 is 2.58 bits per heavy atom. The average molecular weight is 442 g/mol. The Kier molecular flexibility index (Phi) is 5.79. The van der Waals surface area contributed by atoms with Crippen molar-refractivity contribution in [3.8, 4) is 5.69 Å². The number of thiazole rings is 1. The molecule has 9 heteroatoms. The normalized spacial score (nSPS) is 11.4. The highest BCUT2D eigenvalue weighted by Crippen LogP contribution is 2.32. The Morgan fingerprint density at radius 1 is 1.13 bits per heavy atom. The molecule has 31 heavy (non-hydrogen) atoms. The van der Waals surface area contributed by atoms with E-state index in [0.717, 1.165) is 23.1 Å². The van der Waals surface area contributed by atoms with E-state index in [1.165, 1.54) is 17.2 Å². The molecule has 2 aromatic carbocycles. The van der Waals surface area contributed by atoms with Crippen molar-refractivity contribution in [3.63, 3.8) is 0 Å². The summed E-state index contributed by atoms with van der Waals surface area (Å²) < 4.78 is 29.9. The molecule has 0 aliphatic heterocycles. The topological polar surface area (TPSA) is 54.3 Å². The van der Waals surface area contributed by atoms with Gasteiger partial charge in [-0.1, -0.05) is 29.5 Å². The zero-order valence-corrected chi connectivity index (χ0v) is 18.2. The molecular formula is C22H21F2N5OS. The smallest absolute Gasteiger partial charge is 0.263 e. The molecule has 2 heterocycles. The fraction of sp³-hybridized carbons (Fsp3) is 0.227. The maximum Gasteiger partial charge on any atom is 0.263 e. The van der Waals surface area contributed by atoms with Crippen LogP contribution in [0.1, 0.15) is 16.1 Å². The monoisotopic (exact) mass is 441 g/mol. The van der Waals surface area contributed by atoms with Gasteiger partial charge in [-0.15, -0.1) is 0 Å². The lowest BCUT2D eigenvalue weighted by molar-refractivity contribution is 0.0984. The van der Waals surface area contributed by atoms with Gasteiger partial charge in [0.25, 0.3) is 5.91 Å². The number of carbonyl (C=O) groups excluding carboxylic acids is 1. The standard InChI is InChI=1S/C22H21F2N5OS/c1-14-17(13-25-29(14)16-7-5-4-6-8-16)21(30)28(10-9-27(2)3)22-26-20-18(24)11-15(23)12-19(20)31-22/h4-8,11-13H,9-10H2,1-3H3. The molecule has 0 atom stereocenters. The molecule has 160 valence electrons. The van der Waals surface area contributed by atoms with Crippen LogP contribution in [0.3, 0.4) is 0 Å². The number of halogens is 2. The second-order valence-electron chi connectivity index (χ2n) is 7.38. The van der Waals surface area contributed by atoms with Gasteiger partial charge >= 0.3 is 0 Å². The first-order valence-electron chi connectivity index (χ1n) is 9.67. The molecule has 0 aliphatic carbocycles. The van der Waals surface area contributed by atoms with Gasteiger partial charge in [-0.25, -0.2) is 18.4 Å². The summed E-state index contributed by atoms with van der Waals surface area (Å²) in [6, 6.07) is 11.5. The molecule has 0 bridgehead atoms. The number of amides is 1. The van der Waals surface area contributed by atoms with Crippen molar-refractivity contribution in [1.29, 1.82) is 0 Å². The average Bonchev–Trinajstić information content (AvgIpc) is 3.32. The van der Waals surface area contributed by atoms with Gasteiger partial charge in [0, 0.05) is 19.2 Å². The lowest BCUT2D eigenvalue weighted by Gasteiger charge is -2.21. The molecular weight excluding hydrogens is 420 g/mol. The van der Waals surface area contributed by atoms with Crippen molar-refractivity contribution < 1.29 is 13.6 Å². The molecule has 4 rings (SSSR count). The van der Waals surface area contributed by atoms with Crippen molar-refractivity contribution in [3.05, 3.63) is 71.6 Å². The van der Waals surface area contributed by atoms with Crippen molar-refractivity contribution in [2.45, 2.75) is 6.92 Å². The summed E-state index contributed by atoms with van der Waals surface area (Å²) in [6.07, 6.45) is 1.53. The van der Waals surface area contributed by atoms with Crippen LogP contribution < -0.4 is 4.90 Å².